The second-order valence-electron chi connectivity index (χ2n) is 7.56. The maximum absolute atomic E-state index is 6.05. The van der Waals surface area contributed by atoms with E-state index in [1.807, 2.05) is 12.1 Å². The maximum atomic E-state index is 6.05. The van der Waals surface area contributed by atoms with Crippen molar-refractivity contribution in [2.45, 2.75) is 38.9 Å². The van der Waals surface area contributed by atoms with E-state index >= 15 is 0 Å². The van der Waals surface area contributed by atoms with Crippen molar-refractivity contribution in [3.8, 4) is 0 Å². The van der Waals surface area contributed by atoms with E-state index in [9.17, 15) is 0 Å². The van der Waals surface area contributed by atoms with Gasteiger partial charge in [0.15, 0.2) is 0 Å². The van der Waals surface area contributed by atoms with Crippen LogP contribution in [0.15, 0.2) is 85.1 Å². The van der Waals surface area contributed by atoms with Crippen LogP contribution in [0.2, 0.25) is 5.02 Å². The van der Waals surface area contributed by atoms with Crippen LogP contribution < -0.4 is 5.32 Å². The standard InChI is InChI=1S/C26H27ClN2/c1-2-8-25(21-9-4-3-5-10-21)28-17-22-19-29(26-12-7-6-11-24(22)26)18-20-13-15-23(27)16-14-20/h3-7,9-16,19,25,28H,2,8,17-18H2,1H3/t25-/m1/s1. The largest absolute Gasteiger partial charge is 0.343 e. The van der Waals surface area contributed by atoms with Gasteiger partial charge >= 0.3 is 0 Å². The molecule has 2 nitrogen and oxygen atoms in total. The van der Waals surface area contributed by atoms with E-state index in [4.69, 9.17) is 11.6 Å². The normalized spacial score (nSPS) is 12.3. The van der Waals surface area contributed by atoms with E-state index in [2.05, 4.69) is 89.7 Å². The molecule has 0 aliphatic rings. The molecule has 0 bridgehead atoms. The lowest BCUT2D eigenvalue weighted by molar-refractivity contribution is 0.494. The lowest BCUT2D eigenvalue weighted by Gasteiger charge is -2.18. The Bertz CT molecular complexity index is 1050. The Morgan fingerprint density at radius 2 is 1.62 bits per heavy atom. The fourth-order valence-corrected chi connectivity index (χ4v) is 4.10. The first kappa shape index (κ1) is 19.8. The zero-order chi connectivity index (χ0) is 20.1. The van der Waals surface area contributed by atoms with Gasteiger partial charge < -0.3 is 9.88 Å². The molecular weight excluding hydrogens is 376 g/mol. The predicted molar refractivity (Wildman–Crippen MR) is 123 cm³/mol. The monoisotopic (exact) mass is 402 g/mol. The van der Waals surface area contributed by atoms with E-state index in [0.717, 1.165) is 31.0 Å². The van der Waals surface area contributed by atoms with Gasteiger partial charge in [-0.3, -0.25) is 0 Å². The molecule has 4 aromatic rings. The Labute approximate surface area is 178 Å². The van der Waals surface area contributed by atoms with E-state index < -0.39 is 0 Å². The topological polar surface area (TPSA) is 17.0 Å². The Hall–Kier alpha value is -2.55. The summed E-state index contributed by atoms with van der Waals surface area (Å²) < 4.78 is 2.34. The molecule has 1 aromatic heterocycles. The first-order valence-electron chi connectivity index (χ1n) is 10.3. The van der Waals surface area contributed by atoms with Gasteiger partial charge in [0.05, 0.1) is 0 Å². The summed E-state index contributed by atoms with van der Waals surface area (Å²) in [4.78, 5) is 0. The average molecular weight is 403 g/mol. The second-order valence-corrected chi connectivity index (χ2v) is 8.00. The lowest BCUT2D eigenvalue weighted by atomic mass is 10.0. The van der Waals surface area contributed by atoms with Crippen LogP contribution in [0, 0.1) is 0 Å². The quantitative estimate of drug-likeness (QED) is 0.336. The minimum Gasteiger partial charge on any atom is -0.343 e. The fraction of sp³-hybridized carbons (Fsp3) is 0.231. The molecule has 0 radical (unpaired) electrons. The summed E-state index contributed by atoms with van der Waals surface area (Å²) in [6.07, 6.45) is 4.58. The molecule has 0 spiro atoms. The summed E-state index contributed by atoms with van der Waals surface area (Å²) in [7, 11) is 0. The van der Waals surface area contributed by atoms with Gasteiger partial charge in [-0.2, -0.15) is 0 Å². The third-order valence-corrected chi connectivity index (χ3v) is 5.71. The third-order valence-electron chi connectivity index (χ3n) is 5.46. The number of rotatable bonds is 8. The molecule has 29 heavy (non-hydrogen) atoms. The molecule has 1 atom stereocenters. The SMILES string of the molecule is CCC[C@@H](NCc1cn(Cc2ccc(Cl)cc2)c2ccccc12)c1ccccc1. The van der Waals surface area contributed by atoms with Crippen LogP contribution in [0.5, 0.6) is 0 Å². The molecule has 0 unspecified atom stereocenters. The smallest absolute Gasteiger partial charge is 0.0486 e. The van der Waals surface area contributed by atoms with Crippen molar-refractivity contribution in [3.05, 3.63) is 107 Å². The molecule has 1 heterocycles. The van der Waals surface area contributed by atoms with E-state index in [0.29, 0.717) is 6.04 Å². The molecule has 0 saturated carbocycles. The van der Waals surface area contributed by atoms with Gasteiger partial charge in [-0.05, 0) is 41.3 Å². The van der Waals surface area contributed by atoms with Gasteiger partial charge in [0.2, 0.25) is 0 Å². The van der Waals surface area contributed by atoms with Crippen molar-refractivity contribution < 1.29 is 0 Å². The molecule has 3 aromatic carbocycles. The van der Waals surface area contributed by atoms with Gasteiger partial charge in [-0.25, -0.2) is 0 Å². The van der Waals surface area contributed by atoms with Crippen LogP contribution in [-0.4, -0.2) is 4.57 Å². The molecule has 0 aliphatic carbocycles. The Morgan fingerprint density at radius 3 is 2.38 bits per heavy atom. The molecule has 1 N–H and O–H groups in total. The van der Waals surface area contributed by atoms with Gasteiger partial charge in [0.25, 0.3) is 0 Å². The van der Waals surface area contributed by atoms with Crippen LogP contribution in [0.25, 0.3) is 10.9 Å². The lowest BCUT2D eigenvalue weighted by Crippen LogP contribution is -2.20. The zero-order valence-corrected chi connectivity index (χ0v) is 17.6. The number of nitrogens with one attached hydrogen (secondary N) is 1. The minimum atomic E-state index is 0.375. The van der Waals surface area contributed by atoms with E-state index in [1.165, 1.54) is 27.6 Å². The van der Waals surface area contributed by atoms with Crippen molar-refractivity contribution in [2.24, 2.45) is 0 Å². The molecular formula is C26H27ClN2. The summed E-state index contributed by atoms with van der Waals surface area (Å²) in [5.41, 5.74) is 5.22. The summed E-state index contributed by atoms with van der Waals surface area (Å²) in [6, 6.07) is 27.9. The van der Waals surface area contributed by atoms with Crippen molar-refractivity contribution in [2.75, 3.05) is 0 Å². The molecule has 148 valence electrons. The van der Waals surface area contributed by atoms with Crippen LogP contribution in [-0.2, 0) is 13.1 Å². The number of para-hydroxylation sites is 1. The van der Waals surface area contributed by atoms with Crippen LogP contribution in [0.4, 0.5) is 0 Å². The molecule has 0 aliphatic heterocycles. The molecule has 0 saturated heterocycles. The fourth-order valence-electron chi connectivity index (χ4n) is 3.97. The van der Waals surface area contributed by atoms with Gasteiger partial charge in [-0.1, -0.05) is 85.6 Å². The van der Waals surface area contributed by atoms with Gasteiger partial charge in [0, 0.05) is 41.3 Å². The highest BCUT2D eigenvalue weighted by Crippen LogP contribution is 2.25. The van der Waals surface area contributed by atoms with Gasteiger partial charge in [0.1, 0.15) is 0 Å². The number of fused-ring (bicyclic) bond motifs is 1. The van der Waals surface area contributed by atoms with Crippen molar-refractivity contribution in [3.63, 3.8) is 0 Å². The zero-order valence-electron chi connectivity index (χ0n) is 16.8. The molecule has 4 rings (SSSR count). The number of hydrogen-bond acceptors (Lipinski definition) is 1. The van der Waals surface area contributed by atoms with E-state index in [-0.39, 0.29) is 0 Å². The summed E-state index contributed by atoms with van der Waals surface area (Å²) >= 11 is 6.05. The average Bonchev–Trinajstić information content (AvgIpc) is 3.11. The second kappa shape index (κ2) is 9.30. The number of benzene rings is 3. The van der Waals surface area contributed by atoms with E-state index in [1.54, 1.807) is 0 Å². The number of aromatic nitrogens is 1. The van der Waals surface area contributed by atoms with Crippen molar-refractivity contribution >= 4 is 22.5 Å². The summed E-state index contributed by atoms with van der Waals surface area (Å²) in [5, 5.41) is 5.89. The van der Waals surface area contributed by atoms with Crippen LogP contribution >= 0.6 is 11.6 Å². The minimum absolute atomic E-state index is 0.375. The third kappa shape index (κ3) is 4.72. The molecule has 0 fully saturated rings. The Morgan fingerprint density at radius 1 is 0.897 bits per heavy atom. The van der Waals surface area contributed by atoms with Crippen LogP contribution in [0.3, 0.4) is 0 Å². The van der Waals surface area contributed by atoms with Gasteiger partial charge in [-0.15, -0.1) is 0 Å². The van der Waals surface area contributed by atoms with Crippen molar-refractivity contribution in [1.82, 2.24) is 9.88 Å². The maximum Gasteiger partial charge on any atom is 0.0486 e. The Kier molecular flexibility index (Phi) is 6.33. The number of hydrogen-bond donors (Lipinski definition) is 1. The highest BCUT2D eigenvalue weighted by atomic mass is 35.5. The number of halogens is 1. The summed E-state index contributed by atoms with van der Waals surface area (Å²) in [5.74, 6) is 0. The predicted octanol–water partition coefficient (Wildman–Crippen LogP) is 6.97. The number of nitrogens with zero attached hydrogens (tertiary/aromatic N) is 1. The highest BCUT2D eigenvalue weighted by Gasteiger charge is 2.13. The molecule has 3 heteroatoms. The Balaban J connectivity index is 1.58. The van der Waals surface area contributed by atoms with Crippen LogP contribution in [0.1, 0.15) is 42.5 Å². The first-order valence-corrected chi connectivity index (χ1v) is 10.7. The first-order chi connectivity index (χ1) is 14.2. The highest BCUT2D eigenvalue weighted by molar-refractivity contribution is 6.30. The van der Waals surface area contributed by atoms with Crippen molar-refractivity contribution in [1.29, 1.82) is 0 Å². The summed E-state index contributed by atoms with van der Waals surface area (Å²) in [6.45, 7) is 3.94. The molecule has 0 amide bonds.